The number of carboxylic acids is 1. The fraction of sp³-hybridized carbons (Fsp3) is 0.692. The summed E-state index contributed by atoms with van der Waals surface area (Å²) in [5, 5.41) is 9.17. The van der Waals surface area contributed by atoms with Crippen LogP contribution in [0.25, 0.3) is 0 Å². The molecule has 3 unspecified atom stereocenters. The van der Waals surface area contributed by atoms with Gasteiger partial charge in [0.15, 0.2) is 0 Å². The molecule has 0 fully saturated rings. The van der Waals surface area contributed by atoms with Gasteiger partial charge in [0.2, 0.25) is 5.91 Å². The number of rotatable bonds is 5. The largest absolute Gasteiger partial charge is 0.481 e. The normalized spacial score (nSPS) is 24.6. The Morgan fingerprint density at radius 1 is 1.39 bits per heavy atom. The molecule has 18 heavy (non-hydrogen) atoms. The topological polar surface area (TPSA) is 57.6 Å². The number of nitrogens with zero attached hydrogens (tertiary/aromatic N) is 1. The van der Waals surface area contributed by atoms with Crippen LogP contribution in [0.5, 0.6) is 0 Å². The van der Waals surface area contributed by atoms with Crippen molar-refractivity contribution in [3.05, 3.63) is 12.2 Å². The molecule has 0 radical (unpaired) electrons. The zero-order chi connectivity index (χ0) is 13.7. The lowest BCUT2D eigenvalue weighted by atomic mass is 9.82. The summed E-state index contributed by atoms with van der Waals surface area (Å²) in [5.74, 6) is -1.05. The van der Waals surface area contributed by atoms with E-state index >= 15 is 0 Å². The molecule has 0 aliphatic heterocycles. The van der Waals surface area contributed by atoms with E-state index in [2.05, 4.69) is 0 Å². The predicted molar refractivity (Wildman–Crippen MR) is 73.6 cm³/mol. The predicted octanol–water partition coefficient (Wildman–Crippen LogP) is 1.86. The highest BCUT2D eigenvalue weighted by atomic mass is 32.2. The summed E-state index contributed by atoms with van der Waals surface area (Å²) in [4.78, 5) is 25.2. The Morgan fingerprint density at radius 2 is 1.94 bits per heavy atom. The van der Waals surface area contributed by atoms with Gasteiger partial charge >= 0.3 is 5.97 Å². The molecule has 0 saturated heterocycles. The Morgan fingerprint density at radius 3 is 2.44 bits per heavy atom. The number of carboxylic acid groups (broad SMARTS) is 1. The number of hydrogen-bond acceptors (Lipinski definition) is 3. The number of carbonyl (C=O) groups is 2. The molecule has 0 aromatic heterocycles. The van der Waals surface area contributed by atoms with Gasteiger partial charge in [-0.25, -0.2) is 0 Å². The molecule has 1 N–H and O–H groups in total. The van der Waals surface area contributed by atoms with Crippen LogP contribution in [0.3, 0.4) is 0 Å². The van der Waals surface area contributed by atoms with E-state index in [4.69, 9.17) is 0 Å². The summed E-state index contributed by atoms with van der Waals surface area (Å²) < 4.78 is 0. The Hall–Kier alpha value is -0.970. The Balaban J connectivity index is 2.75. The Labute approximate surface area is 112 Å². The molecule has 0 saturated carbocycles. The average Bonchev–Trinajstić information content (AvgIpc) is 2.37. The molecule has 1 aliphatic carbocycles. The first kappa shape index (κ1) is 15.1. The maximum Gasteiger partial charge on any atom is 0.307 e. The first-order valence-electron chi connectivity index (χ1n) is 6.12. The van der Waals surface area contributed by atoms with E-state index in [1.807, 2.05) is 25.3 Å². The van der Waals surface area contributed by atoms with Gasteiger partial charge in [-0.2, -0.15) is 11.8 Å². The van der Waals surface area contributed by atoms with Crippen LogP contribution in [-0.2, 0) is 9.59 Å². The van der Waals surface area contributed by atoms with Crippen LogP contribution in [-0.4, -0.2) is 47.0 Å². The van der Waals surface area contributed by atoms with Gasteiger partial charge in [-0.3, -0.25) is 9.59 Å². The van der Waals surface area contributed by atoms with E-state index in [9.17, 15) is 14.7 Å². The first-order valence-corrected chi connectivity index (χ1v) is 7.51. The molecule has 0 bridgehead atoms. The van der Waals surface area contributed by atoms with Gasteiger partial charge in [-0.1, -0.05) is 12.2 Å². The summed E-state index contributed by atoms with van der Waals surface area (Å²) in [7, 11) is 1.76. The number of allylic oxidation sites excluding steroid dienone is 2. The standard InChI is InChI=1S/C13H21NO3S/c1-9(8-18-3)14(2)12(15)10-6-4-5-7-11(10)13(16)17/h4-5,9-11H,6-8H2,1-3H3,(H,16,17). The number of carbonyl (C=O) groups excluding carboxylic acids is 1. The Bertz CT molecular complexity index is 343. The summed E-state index contributed by atoms with van der Waals surface area (Å²) in [6.45, 7) is 1.99. The minimum absolute atomic E-state index is 0.0479. The van der Waals surface area contributed by atoms with Crippen molar-refractivity contribution < 1.29 is 14.7 Å². The van der Waals surface area contributed by atoms with Gasteiger partial charge in [0.1, 0.15) is 0 Å². The number of aliphatic carboxylic acids is 1. The maximum atomic E-state index is 12.3. The van der Waals surface area contributed by atoms with Crippen LogP contribution in [0, 0.1) is 11.8 Å². The van der Waals surface area contributed by atoms with Gasteiger partial charge < -0.3 is 10.0 Å². The third-order valence-electron chi connectivity index (χ3n) is 3.48. The lowest BCUT2D eigenvalue weighted by Gasteiger charge is -2.32. The van der Waals surface area contributed by atoms with Gasteiger partial charge in [0, 0.05) is 18.8 Å². The molecule has 1 aliphatic rings. The van der Waals surface area contributed by atoms with E-state index in [0.717, 1.165) is 5.75 Å². The molecule has 102 valence electrons. The van der Waals surface area contributed by atoms with Crippen molar-refractivity contribution >= 4 is 23.6 Å². The van der Waals surface area contributed by atoms with Gasteiger partial charge in [0.25, 0.3) is 0 Å². The Kier molecular flexibility index (Phi) is 5.72. The molecule has 1 rings (SSSR count). The zero-order valence-electron chi connectivity index (χ0n) is 11.1. The van der Waals surface area contributed by atoms with Gasteiger partial charge in [-0.05, 0) is 26.0 Å². The van der Waals surface area contributed by atoms with E-state index in [0.29, 0.717) is 12.8 Å². The van der Waals surface area contributed by atoms with E-state index < -0.39 is 17.8 Å². The lowest BCUT2D eigenvalue weighted by Crippen LogP contribution is -2.44. The van der Waals surface area contributed by atoms with E-state index in [-0.39, 0.29) is 11.9 Å². The lowest BCUT2D eigenvalue weighted by molar-refractivity contribution is -0.150. The fourth-order valence-electron chi connectivity index (χ4n) is 2.19. The molecular weight excluding hydrogens is 250 g/mol. The SMILES string of the molecule is CSCC(C)N(C)C(=O)C1CC=CCC1C(=O)O. The minimum Gasteiger partial charge on any atom is -0.481 e. The van der Waals surface area contributed by atoms with Gasteiger partial charge in [0.05, 0.1) is 11.8 Å². The molecule has 0 aromatic rings. The van der Waals surface area contributed by atoms with Crippen LogP contribution in [0.1, 0.15) is 19.8 Å². The molecule has 0 spiro atoms. The average molecular weight is 271 g/mol. The summed E-state index contributed by atoms with van der Waals surface area (Å²) in [6.07, 6.45) is 6.75. The molecule has 0 aromatic carbocycles. The van der Waals surface area contributed by atoms with Crippen LogP contribution < -0.4 is 0 Å². The van der Waals surface area contributed by atoms with Crippen molar-refractivity contribution in [3.63, 3.8) is 0 Å². The second kappa shape index (κ2) is 6.83. The summed E-state index contributed by atoms with van der Waals surface area (Å²) in [5.41, 5.74) is 0. The number of thioether (sulfide) groups is 1. The monoisotopic (exact) mass is 271 g/mol. The van der Waals surface area contributed by atoms with Crippen molar-refractivity contribution in [1.29, 1.82) is 0 Å². The summed E-state index contributed by atoms with van der Waals surface area (Å²) >= 11 is 1.69. The quantitative estimate of drug-likeness (QED) is 0.775. The summed E-state index contributed by atoms with van der Waals surface area (Å²) in [6, 6.07) is 0.132. The second-order valence-electron chi connectivity index (χ2n) is 4.75. The minimum atomic E-state index is -0.872. The molecule has 0 heterocycles. The van der Waals surface area contributed by atoms with Gasteiger partial charge in [-0.15, -0.1) is 0 Å². The third-order valence-corrected chi connectivity index (χ3v) is 4.30. The zero-order valence-corrected chi connectivity index (χ0v) is 11.9. The van der Waals surface area contributed by atoms with E-state index in [1.165, 1.54) is 0 Å². The number of amides is 1. The second-order valence-corrected chi connectivity index (χ2v) is 5.66. The van der Waals surface area contributed by atoms with Crippen LogP contribution in [0.15, 0.2) is 12.2 Å². The van der Waals surface area contributed by atoms with Crippen molar-refractivity contribution in [3.8, 4) is 0 Å². The fourth-order valence-corrected chi connectivity index (χ4v) is 2.90. The highest BCUT2D eigenvalue weighted by Crippen LogP contribution is 2.28. The molecule has 5 heteroatoms. The van der Waals surface area contributed by atoms with Crippen molar-refractivity contribution in [2.24, 2.45) is 11.8 Å². The molecule has 4 nitrogen and oxygen atoms in total. The maximum absolute atomic E-state index is 12.3. The highest BCUT2D eigenvalue weighted by Gasteiger charge is 2.36. The van der Waals surface area contributed by atoms with Crippen molar-refractivity contribution in [2.45, 2.75) is 25.8 Å². The van der Waals surface area contributed by atoms with Crippen LogP contribution in [0.4, 0.5) is 0 Å². The highest BCUT2D eigenvalue weighted by molar-refractivity contribution is 7.98. The van der Waals surface area contributed by atoms with Crippen molar-refractivity contribution in [1.82, 2.24) is 4.90 Å². The molecular formula is C13H21NO3S. The third kappa shape index (κ3) is 3.51. The van der Waals surface area contributed by atoms with Crippen LogP contribution >= 0.6 is 11.8 Å². The van der Waals surface area contributed by atoms with Crippen molar-refractivity contribution in [2.75, 3.05) is 19.1 Å². The molecule has 3 atom stereocenters. The van der Waals surface area contributed by atoms with E-state index in [1.54, 1.807) is 23.7 Å². The molecule has 1 amide bonds. The number of hydrogen-bond donors (Lipinski definition) is 1. The smallest absolute Gasteiger partial charge is 0.307 e. The van der Waals surface area contributed by atoms with Crippen LogP contribution in [0.2, 0.25) is 0 Å². The first-order chi connectivity index (χ1) is 8.49.